The van der Waals surface area contributed by atoms with Gasteiger partial charge in [-0.25, -0.2) is 9.36 Å². The molecule has 7 heteroatoms. The molecule has 2 aromatic heterocycles. The van der Waals surface area contributed by atoms with E-state index >= 15 is 0 Å². The number of aromatic nitrogens is 4. The van der Waals surface area contributed by atoms with Crippen LogP contribution in [0.2, 0.25) is 0 Å². The fourth-order valence-electron chi connectivity index (χ4n) is 9.76. The summed E-state index contributed by atoms with van der Waals surface area (Å²) in [5.41, 5.74) is 19.1. The van der Waals surface area contributed by atoms with Gasteiger partial charge >= 0.3 is 0 Å². The highest BCUT2D eigenvalue weighted by Gasteiger charge is 2.42. The number of hydrogen-bond acceptors (Lipinski definition) is 4. The van der Waals surface area contributed by atoms with Gasteiger partial charge < -0.3 is 9.64 Å². The van der Waals surface area contributed by atoms with Crippen molar-refractivity contribution in [2.45, 2.75) is 79.1 Å². The molecule has 6 nitrogen and oxygen atoms in total. The van der Waals surface area contributed by atoms with Gasteiger partial charge in [0.2, 0.25) is 0 Å². The monoisotopic (exact) mass is 797 g/mol. The molecule has 2 aliphatic heterocycles. The summed E-state index contributed by atoms with van der Waals surface area (Å²) in [4.78, 5) is 2.38. The molecule has 0 aliphatic carbocycles. The van der Waals surface area contributed by atoms with E-state index < -0.39 is 0 Å². The zero-order valence-corrected chi connectivity index (χ0v) is 36.4. The van der Waals surface area contributed by atoms with Gasteiger partial charge in [-0.15, -0.1) is 0 Å². The molecular formula is C54H52BN5O. The summed E-state index contributed by atoms with van der Waals surface area (Å²) in [7, 11) is 0. The summed E-state index contributed by atoms with van der Waals surface area (Å²) in [5.74, 6) is 3.29. The quantitative estimate of drug-likeness (QED) is 0.137. The van der Waals surface area contributed by atoms with Gasteiger partial charge in [0.1, 0.15) is 11.5 Å². The molecule has 0 amide bonds. The van der Waals surface area contributed by atoms with E-state index in [4.69, 9.17) is 14.9 Å². The lowest BCUT2D eigenvalue weighted by molar-refractivity contribution is 0.487. The smallest absolute Gasteiger partial charge is 0.256 e. The lowest BCUT2D eigenvalue weighted by Gasteiger charge is -2.40. The SMILES string of the molecule is CC(C)c1cccc(C(C)C)c1-c1cnn(-c2ccc3c(c2)B2c4cc(-n5cc(-c6c(C(C)C)cccc6C(C)C)cn5)ccc4N(c4ccccc4)c4cccc(c42)O3)c1. The minimum Gasteiger partial charge on any atom is -0.458 e. The topological polar surface area (TPSA) is 48.1 Å². The first kappa shape index (κ1) is 38.6. The van der Waals surface area contributed by atoms with Gasteiger partial charge in [-0.3, -0.25) is 0 Å². The Balaban J connectivity index is 1.13. The van der Waals surface area contributed by atoms with Crippen LogP contribution in [0.25, 0.3) is 33.6 Å². The Hall–Kier alpha value is -6.60. The minimum atomic E-state index is -0.0988. The second-order valence-corrected chi connectivity index (χ2v) is 17.9. The summed E-state index contributed by atoms with van der Waals surface area (Å²) < 4.78 is 10.9. The zero-order valence-electron chi connectivity index (χ0n) is 36.4. The number of benzene rings is 6. The van der Waals surface area contributed by atoms with E-state index in [1.54, 1.807) is 0 Å². The van der Waals surface area contributed by atoms with Crippen LogP contribution in [0, 0.1) is 0 Å². The van der Waals surface area contributed by atoms with Crippen LogP contribution in [0.15, 0.2) is 146 Å². The molecule has 302 valence electrons. The Kier molecular flexibility index (Phi) is 9.58. The van der Waals surface area contributed by atoms with E-state index in [0.29, 0.717) is 23.7 Å². The third-order valence-electron chi connectivity index (χ3n) is 12.7. The Labute approximate surface area is 360 Å². The second kappa shape index (κ2) is 15.1. The van der Waals surface area contributed by atoms with Gasteiger partial charge in [0, 0.05) is 40.6 Å². The second-order valence-electron chi connectivity index (χ2n) is 17.9. The Morgan fingerprint density at radius 2 is 0.967 bits per heavy atom. The molecule has 6 aromatic carbocycles. The molecule has 0 saturated heterocycles. The van der Waals surface area contributed by atoms with E-state index in [1.807, 2.05) is 21.8 Å². The summed E-state index contributed by atoms with van der Waals surface area (Å²) in [5, 5.41) is 10.0. The molecule has 61 heavy (non-hydrogen) atoms. The van der Waals surface area contributed by atoms with Crippen LogP contribution in [0.4, 0.5) is 17.1 Å². The molecule has 4 heterocycles. The highest BCUT2D eigenvalue weighted by atomic mass is 16.5. The molecule has 0 bridgehead atoms. The van der Waals surface area contributed by atoms with Gasteiger partial charge in [-0.2, -0.15) is 10.2 Å². The van der Waals surface area contributed by atoms with E-state index in [1.165, 1.54) is 38.8 Å². The Morgan fingerprint density at radius 3 is 1.51 bits per heavy atom. The van der Waals surface area contributed by atoms with E-state index in [9.17, 15) is 0 Å². The third-order valence-corrected chi connectivity index (χ3v) is 12.7. The molecule has 0 fully saturated rings. The number of ether oxygens (including phenoxy) is 1. The van der Waals surface area contributed by atoms with Crippen molar-refractivity contribution in [3.05, 3.63) is 168 Å². The molecule has 0 unspecified atom stereocenters. The average molecular weight is 798 g/mol. The summed E-state index contributed by atoms with van der Waals surface area (Å²) in [6.45, 7) is 18.1. The number of nitrogens with zero attached hydrogens (tertiary/aromatic N) is 5. The van der Waals surface area contributed by atoms with Crippen LogP contribution >= 0.6 is 0 Å². The lowest BCUT2D eigenvalue weighted by Crippen LogP contribution is -2.59. The molecule has 0 saturated carbocycles. The number of fused-ring (bicyclic) bond motifs is 4. The fourth-order valence-corrected chi connectivity index (χ4v) is 9.76. The predicted octanol–water partition coefficient (Wildman–Crippen LogP) is 12.3. The van der Waals surface area contributed by atoms with Crippen LogP contribution in [0.1, 0.15) is 101 Å². The van der Waals surface area contributed by atoms with Crippen molar-refractivity contribution in [3.63, 3.8) is 0 Å². The standard InChI is InChI=1S/C54H52BN5O/c1-33(2)42-17-12-18-43(34(3)4)52(42)37-29-56-58(31-37)40-23-25-48-46(27-40)55-47-28-41(59-32-38(30-57-59)53-44(35(5)6)19-13-20-45(53)36(7)8)24-26-50(47)61-51-22-14-21-49(54(51)55)60(48)39-15-10-9-11-16-39/h9-36H,1-8H3. The molecule has 10 rings (SSSR count). The lowest BCUT2D eigenvalue weighted by atomic mass is 9.34. The van der Waals surface area contributed by atoms with Crippen molar-refractivity contribution in [1.82, 2.24) is 19.6 Å². The third kappa shape index (κ3) is 6.49. The van der Waals surface area contributed by atoms with Crippen LogP contribution < -0.4 is 26.0 Å². The Bertz CT molecular complexity index is 2890. The van der Waals surface area contributed by atoms with Crippen LogP contribution in [0.3, 0.4) is 0 Å². The van der Waals surface area contributed by atoms with Gasteiger partial charge in [-0.05, 0) is 134 Å². The Morgan fingerprint density at radius 1 is 0.459 bits per heavy atom. The highest BCUT2D eigenvalue weighted by Crippen LogP contribution is 2.42. The van der Waals surface area contributed by atoms with Crippen molar-refractivity contribution >= 4 is 40.2 Å². The van der Waals surface area contributed by atoms with Crippen molar-refractivity contribution in [3.8, 4) is 45.1 Å². The average Bonchev–Trinajstić information content (AvgIpc) is 3.97. The van der Waals surface area contributed by atoms with Gasteiger partial charge in [0.25, 0.3) is 6.71 Å². The van der Waals surface area contributed by atoms with Gasteiger partial charge in [0.05, 0.1) is 23.8 Å². The first-order chi connectivity index (χ1) is 29.6. The van der Waals surface area contributed by atoms with Crippen molar-refractivity contribution in [2.75, 3.05) is 4.90 Å². The maximum atomic E-state index is 6.83. The van der Waals surface area contributed by atoms with Crippen LogP contribution in [-0.4, -0.2) is 26.3 Å². The molecule has 0 atom stereocenters. The first-order valence-electron chi connectivity index (χ1n) is 21.9. The first-order valence-corrected chi connectivity index (χ1v) is 21.9. The van der Waals surface area contributed by atoms with E-state index in [2.05, 4.69) is 194 Å². The zero-order chi connectivity index (χ0) is 42.1. The molecule has 0 N–H and O–H groups in total. The summed E-state index contributed by atoms with van der Waals surface area (Å²) >= 11 is 0. The minimum absolute atomic E-state index is 0.0988. The molecule has 8 aromatic rings. The highest BCUT2D eigenvalue weighted by molar-refractivity contribution is 6.99. The number of hydrogen-bond donors (Lipinski definition) is 0. The molecule has 2 aliphatic rings. The maximum Gasteiger partial charge on any atom is 0.256 e. The van der Waals surface area contributed by atoms with E-state index in [0.717, 1.165) is 62.0 Å². The normalized spacial score (nSPS) is 12.9. The molecule has 0 radical (unpaired) electrons. The number of anilines is 3. The number of para-hydroxylation sites is 1. The fraction of sp³-hybridized carbons (Fsp3) is 0.222. The van der Waals surface area contributed by atoms with Gasteiger partial charge in [-0.1, -0.05) is 116 Å². The van der Waals surface area contributed by atoms with Gasteiger partial charge in [0.15, 0.2) is 0 Å². The molecule has 0 spiro atoms. The summed E-state index contributed by atoms with van der Waals surface area (Å²) in [6.07, 6.45) is 8.46. The summed E-state index contributed by atoms with van der Waals surface area (Å²) in [6, 6.07) is 43.9. The largest absolute Gasteiger partial charge is 0.458 e. The van der Waals surface area contributed by atoms with Crippen molar-refractivity contribution in [1.29, 1.82) is 0 Å². The van der Waals surface area contributed by atoms with Crippen LogP contribution in [0.5, 0.6) is 11.5 Å². The van der Waals surface area contributed by atoms with Crippen molar-refractivity contribution in [2.24, 2.45) is 0 Å². The van der Waals surface area contributed by atoms with E-state index in [-0.39, 0.29) is 6.71 Å². The van der Waals surface area contributed by atoms with Crippen LogP contribution in [-0.2, 0) is 0 Å². The molecular weight excluding hydrogens is 745 g/mol. The van der Waals surface area contributed by atoms with Crippen molar-refractivity contribution < 1.29 is 4.74 Å². The predicted molar refractivity (Wildman–Crippen MR) is 254 cm³/mol. The maximum absolute atomic E-state index is 6.83. The number of rotatable bonds is 9.